The molecule has 162 valence electrons. The summed E-state index contributed by atoms with van der Waals surface area (Å²) in [6, 6.07) is 5.84. The molecule has 1 unspecified atom stereocenters. The number of aliphatic hydroxyl groups is 1. The van der Waals surface area contributed by atoms with Gasteiger partial charge in [-0.05, 0) is 37.6 Å². The molecule has 1 aromatic carbocycles. The molecule has 7 nitrogen and oxygen atoms in total. The number of hydrogen-bond acceptors (Lipinski definition) is 6. The molecule has 1 atom stereocenters. The number of nitrogens with one attached hydrogen (secondary N) is 2. The second kappa shape index (κ2) is 10.3. The average molecular weight is 444 g/mol. The van der Waals surface area contributed by atoms with Crippen LogP contribution in [-0.4, -0.2) is 38.6 Å². The van der Waals surface area contributed by atoms with Crippen LogP contribution in [0.15, 0.2) is 42.9 Å². The van der Waals surface area contributed by atoms with Gasteiger partial charge in [-0.3, -0.25) is 9.78 Å². The Hall–Kier alpha value is -3.10. The van der Waals surface area contributed by atoms with Crippen LogP contribution < -0.4 is 10.6 Å². The molecule has 0 aliphatic heterocycles. The maximum atomic E-state index is 14.3. The van der Waals surface area contributed by atoms with Gasteiger partial charge < -0.3 is 15.7 Å². The molecule has 0 aliphatic rings. The minimum Gasteiger partial charge on any atom is -0.392 e. The Kier molecular flexibility index (Phi) is 7.49. The molecular formula is C22H23ClFN5O2. The second-order valence-corrected chi connectivity index (χ2v) is 7.48. The number of hydrogen-bond donors (Lipinski definition) is 3. The quantitative estimate of drug-likeness (QED) is 0.484. The lowest BCUT2D eigenvalue weighted by Gasteiger charge is -2.15. The third kappa shape index (κ3) is 5.74. The number of aromatic nitrogens is 3. The highest BCUT2D eigenvalue weighted by Gasteiger charge is 2.16. The van der Waals surface area contributed by atoms with Gasteiger partial charge in [-0.2, -0.15) is 0 Å². The van der Waals surface area contributed by atoms with E-state index in [1.165, 1.54) is 24.4 Å². The van der Waals surface area contributed by atoms with E-state index in [0.717, 1.165) is 12.0 Å². The molecule has 31 heavy (non-hydrogen) atoms. The van der Waals surface area contributed by atoms with Gasteiger partial charge in [0.15, 0.2) is 5.82 Å². The molecule has 0 spiro atoms. The van der Waals surface area contributed by atoms with E-state index in [-0.39, 0.29) is 23.8 Å². The van der Waals surface area contributed by atoms with Gasteiger partial charge in [-0.1, -0.05) is 24.9 Å². The third-order valence-electron chi connectivity index (χ3n) is 4.43. The number of aryl methyl sites for hydroxylation is 1. The Morgan fingerprint density at radius 2 is 2.10 bits per heavy atom. The fourth-order valence-electron chi connectivity index (χ4n) is 2.91. The van der Waals surface area contributed by atoms with Crippen LogP contribution in [0.25, 0.3) is 11.4 Å². The number of carbonyl (C=O) groups excluding carboxylic acids is 1. The fourth-order valence-corrected chi connectivity index (χ4v) is 3.09. The average Bonchev–Trinajstić information content (AvgIpc) is 2.75. The van der Waals surface area contributed by atoms with E-state index >= 15 is 0 Å². The van der Waals surface area contributed by atoms with E-state index in [9.17, 15) is 14.3 Å². The predicted octanol–water partition coefficient (Wildman–Crippen LogP) is 4.14. The molecule has 0 saturated carbocycles. The molecule has 2 aromatic heterocycles. The van der Waals surface area contributed by atoms with Crippen molar-refractivity contribution in [1.82, 2.24) is 20.3 Å². The summed E-state index contributed by atoms with van der Waals surface area (Å²) in [6.07, 6.45) is 5.48. The van der Waals surface area contributed by atoms with Crippen molar-refractivity contribution in [3.8, 4) is 11.4 Å². The van der Waals surface area contributed by atoms with Crippen LogP contribution in [0.1, 0.15) is 36.2 Å². The van der Waals surface area contributed by atoms with Gasteiger partial charge >= 0.3 is 0 Å². The van der Waals surface area contributed by atoms with Crippen LogP contribution in [0, 0.1) is 5.82 Å². The zero-order chi connectivity index (χ0) is 22.4. The Labute approximate surface area is 184 Å². The summed E-state index contributed by atoms with van der Waals surface area (Å²) in [7, 11) is 0. The molecule has 9 heteroatoms. The first-order valence-corrected chi connectivity index (χ1v) is 10.3. The predicted molar refractivity (Wildman–Crippen MR) is 118 cm³/mol. The molecule has 3 rings (SSSR count). The van der Waals surface area contributed by atoms with Crippen molar-refractivity contribution in [1.29, 1.82) is 0 Å². The van der Waals surface area contributed by atoms with E-state index in [0.29, 0.717) is 28.5 Å². The zero-order valence-electron chi connectivity index (χ0n) is 17.2. The number of halogens is 2. The zero-order valence-corrected chi connectivity index (χ0v) is 17.9. The maximum Gasteiger partial charge on any atom is 0.255 e. The van der Waals surface area contributed by atoms with Gasteiger partial charge in [-0.25, -0.2) is 14.4 Å². The molecular weight excluding hydrogens is 421 g/mol. The van der Waals surface area contributed by atoms with E-state index in [4.69, 9.17) is 11.6 Å². The van der Waals surface area contributed by atoms with Gasteiger partial charge in [0.05, 0.1) is 22.9 Å². The number of benzene rings is 1. The number of amides is 1. The first kappa shape index (κ1) is 22.6. The van der Waals surface area contributed by atoms with Crippen LogP contribution >= 0.6 is 11.6 Å². The largest absolute Gasteiger partial charge is 0.392 e. The molecule has 1 amide bonds. The Morgan fingerprint density at radius 3 is 2.84 bits per heavy atom. The molecule has 2 heterocycles. The minimum absolute atomic E-state index is 0.111. The lowest BCUT2D eigenvalue weighted by molar-refractivity contribution is 0.0924. The van der Waals surface area contributed by atoms with Crippen LogP contribution in [-0.2, 0) is 6.42 Å². The summed E-state index contributed by atoms with van der Waals surface area (Å²) < 4.78 is 14.3. The highest BCUT2D eigenvalue weighted by atomic mass is 35.5. The molecule has 0 saturated heterocycles. The summed E-state index contributed by atoms with van der Waals surface area (Å²) in [6.45, 7) is 3.72. The Morgan fingerprint density at radius 1 is 1.29 bits per heavy atom. The van der Waals surface area contributed by atoms with Gasteiger partial charge in [0.25, 0.3) is 5.91 Å². The first-order chi connectivity index (χ1) is 14.9. The van der Waals surface area contributed by atoms with Crippen molar-refractivity contribution >= 4 is 29.0 Å². The molecule has 0 fully saturated rings. The normalized spacial score (nSPS) is 11.8. The molecule has 3 aromatic rings. The highest BCUT2D eigenvalue weighted by molar-refractivity contribution is 6.30. The second-order valence-electron chi connectivity index (χ2n) is 7.05. The number of aliphatic hydroxyl groups excluding tert-OH is 1. The third-order valence-corrected chi connectivity index (χ3v) is 4.67. The molecule has 0 bridgehead atoms. The number of rotatable bonds is 8. The Bertz CT molecular complexity index is 1080. The van der Waals surface area contributed by atoms with Gasteiger partial charge in [-0.15, -0.1) is 0 Å². The highest BCUT2D eigenvalue weighted by Crippen LogP contribution is 2.28. The summed E-state index contributed by atoms with van der Waals surface area (Å²) in [5.74, 6) is -0.233. The lowest BCUT2D eigenvalue weighted by atomic mass is 10.1. The number of nitrogens with zero attached hydrogens (tertiary/aromatic N) is 3. The molecule has 0 aliphatic carbocycles. The van der Waals surface area contributed by atoms with Gasteiger partial charge in [0, 0.05) is 35.7 Å². The number of anilines is 2. The molecule has 0 radical (unpaired) electrons. The van der Waals surface area contributed by atoms with Crippen molar-refractivity contribution < 1.29 is 14.3 Å². The SMILES string of the molecule is CCCc1cnc(-c2cc(Cl)ccc2F)nc1Nc1ccncc1C(=O)NCC(C)O. The number of carbonyl (C=O) groups is 1. The summed E-state index contributed by atoms with van der Waals surface area (Å²) in [5.41, 5.74) is 1.77. The van der Waals surface area contributed by atoms with Crippen molar-refractivity contribution in [3.63, 3.8) is 0 Å². The number of pyridine rings is 1. The van der Waals surface area contributed by atoms with Gasteiger partial charge in [0.1, 0.15) is 11.6 Å². The van der Waals surface area contributed by atoms with E-state index in [1.807, 2.05) is 6.92 Å². The van der Waals surface area contributed by atoms with Crippen LogP contribution in [0.2, 0.25) is 5.02 Å². The van der Waals surface area contributed by atoms with Crippen molar-refractivity contribution in [2.24, 2.45) is 0 Å². The monoisotopic (exact) mass is 443 g/mol. The van der Waals surface area contributed by atoms with Crippen molar-refractivity contribution in [2.75, 3.05) is 11.9 Å². The maximum absolute atomic E-state index is 14.3. The fraction of sp³-hybridized carbons (Fsp3) is 0.273. The van der Waals surface area contributed by atoms with Crippen molar-refractivity contribution in [3.05, 3.63) is 64.8 Å². The topological polar surface area (TPSA) is 100 Å². The van der Waals surface area contributed by atoms with Crippen molar-refractivity contribution in [2.45, 2.75) is 32.8 Å². The Balaban J connectivity index is 1.99. The van der Waals surface area contributed by atoms with Gasteiger partial charge in [0.2, 0.25) is 0 Å². The molecule has 3 N–H and O–H groups in total. The van der Waals surface area contributed by atoms with E-state index in [1.54, 1.807) is 25.4 Å². The smallest absolute Gasteiger partial charge is 0.255 e. The summed E-state index contributed by atoms with van der Waals surface area (Å²) in [5, 5.41) is 15.6. The summed E-state index contributed by atoms with van der Waals surface area (Å²) in [4.78, 5) is 25.4. The van der Waals surface area contributed by atoms with E-state index < -0.39 is 11.9 Å². The lowest BCUT2D eigenvalue weighted by Crippen LogP contribution is -2.31. The summed E-state index contributed by atoms with van der Waals surface area (Å²) >= 11 is 6.02. The van der Waals surface area contributed by atoms with Crippen LogP contribution in [0.5, 0.6) is 0 Å². The standard InChI is InChI=1S/C22H23ClFN5O2/c1-3-4-14-11-26-21(16-9-15(23)5-6-18(16)24)29-20(14)28-19-7-8-25-12-17(19)22(31)27-10-13(2)30/h5-9,11-13,30H,3-4,10H2,1-2H3,(H,27,31)(H,25,26,28,29). The van der Waals surface area contributed by atoms with Crippen LogP contribution in [0.4, 0.5) is 15.9 Å². The van der Waals surface area contributed by atoms with E-state index in [2.05, 4.69) is 25.6 Å². The van der Waals surface area contributed by atoms with Crippen LogP contribution in [0.3, 0.4) is 0 Å². The minimum atomic E-state index is -0.676. The first-order valence-electron chi connectivity index (χ1n) is 9.87.